The minimum atomic E-state index is -0.334. The molecule has 0 aliphatic heterocycles. The average molecular weight is 167 g/mol. The highest BCUT2D eigenvalue weighted by molar-refractivity contribution is 5.92. The highest BCUT2D eigenvalue weighted by atomic mass is 16.5. The molecule has 0 aromatic carbocycles. The molecular formula is C8H9NO3. The molecule has 0 aliphatic rings. The highest BCUT2D eigenvalue weighted by Gasteiger charge is 2.02. The normalized spacial score (nSPS) is 9.50. The number of ether oxygens (including phenoxy) is 1. The number of nitrogens with one attached hydrogen (secondary N) is 1. The Bertz CT molecular complexity index is 354. The van der Waals surface area contributed by atoms with Crippen LogP contribution >= 0.6 is 0 Å². The summed E-state index contributed by atoms with van der Waals surface area (Å²) in [7, 11) is 1.44. The maximum atomic E-state index is 10.9. The molecule has 12 heavy (non-hydrogen) atoms. The lowest BCUT2D eigenvalue weighted by Gasteiger charge is -1.99. The molecule has 64 valence electrons. The molecule has 0 radical (unpaired) electrons. The van der Waals surface area contributed by atoms with Gasteiger partial charge < -0.3 is 9.72 Å². The third kappa shape index (κ3) is 1.72. The number of carbonyl (C=O) groups is 1. The van der Waals surface area contributed by atoms with Gasteiger partial charge in [0.2, 0.25) is 0 Å². The van der Waals surface area contributed by atoms with E-state index in [4.69, 9.17) is 4.74 Å². The lowest BCUT2D eigenvalue weighted by molar-refractivity contribution is 0.101. The summed E-state index contributed by atoms with van der Waals surface area (Å²) in [5, 5.41) is 0. The van der Waals surface area contributed by atoms with E-state index in [0.29, 0.717) is 5.75 Å². The molecule has 0 atom stereocenters. The lowest BCUT2D eigenvalue weighted by atomic mass is 10.2. The summed E-state index contributed by atoms with van der Waals surface area (Å²) in [6, 6.07) is 2.77. The first-order valence-corrected chi connectivity index (χ1v) is 3.43. The van der Waals surface area contributed by atoms with Crippen molar-refractivity contribution in [3.63, 3.8) is 0 Å². The van der Waals surface area contributed by atoms with E-state index in [0.717, 1.165) is 0 Å². The SMILES string of the molecule is COc1cc(C(C)=O)[nH]c(=O)c1. The number of methoxy groups -OCH3 is 1. The highest BCUT2D eigenvalue weighted by Crippen LogP contribution is 2.07. The number of hydrogen-bond donors (Lipinski definition) is 1. The number of aromatic amines is 1. The van der Waals surface area contributed by atoms with Crippen LogP contribution in [0.2, 0.25) is 0 Å². The molecule has 1 rings (SSSR count). The van der Waals surface area contributed by atoms with Crippen LogP contribution in [-0.4, -0.2) is 17.9 Å². The molecule has 0 spiro atoms. The van der Waals surface area contributed by atoms with Crippen LogP contribution in [0.4, 0.5) is 0 Å². The quantitative estimate of drug-likeness (QED) is 0.655. The number of H-pyrrole nitrogens is 1. The summed E-state index contributed by atoms with van der Waals surface area (Å²) in [5.74, 6) is 0.204. The van der Waals surface area contributed by atoms with Crippen molar-refractivity contribution in [1.82, 2.24) is 4.98 Å². The fraction of sp³-hybridized carbons (Fsp3) is 0.250. The standard InChI is InChI=1S/C8H9NO3/c1-5(10)7-3-6(12-2)4-8(11)9-7/h3-4H,1-2H3,(H,9,11). The molecule has 4 nitrogen and oxygen atoms in total. The van der Waals surface area contributed by atoms with Crippen LogP contribution < -0.4 is 10.3 Å². The van der Waals surface area contributed by atoms with Crippen molar-refractivity contribution in [2.24, 2.45) is 0 Å². The summed E-state index contributed by atoms with van der Waals surface area (Å²) in [4.78, 5) is 24.1. The van der Waals surface area contributed by atoms with Crippen LogP contribution in [-0.2, 0) is 0 Å². The zero-order chi connectivity index (χ0) is 9.14. The molecule has 0 saturated heterocycles. The van der Waals surface area contributed by atoms with E-state index in [9.17, 15) is 9.59 Å². The first kappa shape index (κ1) is 8.52. The van der Waals surface area contributed by atoms with Crippen LogP contribution in [0.5, 0.6) is 5.75 Å². The van der Waals surface area contributed by atoms with Gasteiger partial charge in [0, 0.05) is 19.1 Å². The molecule has 0 saturated carbocycles. The molecule has 1 aromatic rings. The lowest BCUT2D eigenvalue weighted by Crippen LogP contribution is -2.10. The number of pyridine rings is 1. The fourth-order valence-electron chi connectivity index (χ4n) is 0.826. The van der Waals surface area contributed by atoms with Gasteiger partial charge >= 0.3 is 0 Å². The second kappa shape index (κ2) is 3.21. The van der Waals surface area contributed by atoms with Gasteiger partial charge in [-0.15, -0.1) is 0 Å². The summed E-state index contributed by atoms with van der Waals surface area (Å²) in [5.41, 5.74) is -0.0705. The monoisotopic (exact) mass is 167 g/mol. The van der Waals surface area contributed by atoms with Gasteiger partial charge in [-0.3, -0.25) is 9.59 Å². The van der Waals surface area contributed by atoms with E-state index >= 15 is 0 Å². The Labute approximate surface area is 69.2 Å². The van der Waals surface area contributed by atoms with Crippen molar-refractivity contribution >= 4 is 5.78 Å². The summed E-state index contributed by atoms with van der Waals surface area (Å²) >= 11 is 0. The zero-order valence-electron chi connectivity index (χ0n) is 6.88. The van der Waals surface area contributed by atoms with Crippen LogP contribution in [0.3, 0.4) is 0 Å². The molecule has 1 heterocycles. The van der Waals surface area contributed by atoms with Crippen LogP contribution in [0.25, 0.3) is 0 Å². The number of aromatic nitrogens is 1. The van der Waals surface area contributed by atoms with E-state index in [-0.39, 0.29) is 17.0 Å². The van der Waals surface area contributed by atoms with E-state index in [1.807, 2.05) is 0 Å². The Morgan fingerprint density at radius 3 is 2.67 bits per heavy atom. The van der Waals surface area contributed by atoms with E-state index in [2.05, 4.69) is 4.98 Å². The van der Waals surface area contributed by atoms with Crippen LogP contribution in [0.1, 0.15) is 17.4 Å². The summed E-state index contributed by atoms with van der Waals surface area (Å²) < 4.78 is 4.81. The first-order chi connectivity index (χ1) is 5.63. The maximum absolute atomic E-state index is 10.9. The molecule has 0 bridgehead atoms. The van der Waals surface area contributed by atoms with Gasteiger partial charge in [0.25, 0.3) is 5.56 Å². The van der Waals surface area contributed by atoms with Crippen molar-refractivity contribution in [2.45, 2.75) is 6.92 Å². The summed E-state index contributed by atoms with van der Waals surface area (Å²) in [6.45, 7) is 1.38. The van der Waals surface area contributed by atoms with Gasteiger partial charge in [-0.2, -0.15) is 0 Å². The smallest absolute Gasteiger partial charge is 0.252 e. The predicted octanol–water partition coefficient (Wildman–Crippen LogP) is 0.586. The molecule has 0 amide bonds. The molecule has 1 aromatic heterocycles. The number of rotatable bonds is 2. The second-order valence-electron chi connectivity index (χ2n) is 2.35. The largest absolute Gasteiger partial charge is 0.496 e. The van der Waals surface area contributed by atoms with Crippen molar-refractivity contribution in [1.29, 1.82) is 0 Å². The fourth-order valence-corrected chi connectivity index (χ4v) is 0.826. The van der Waals surface area contributed by atoms with Gasteiger partial charge in [-0.25, -0.2) is 0 Å². The Morgan fingerprint density at radius 1 is 1.50 bits per heavy atom. The number of hydrogen-bond acceptors (Lipinski definition) is 3. The van der Waals surface area contributed by atoms with Gasteiger partial charge in [0.05, 0.1) is 12.8 Å². The topological polar surface area (TPSA) is 59.2 Å². The molecular weight excluding hydrogens is 158 g/mol. The van der Waals surface area contributed by atoms with E-state index in [1.165, 1.54) is 26.2 Å². The molecule has 0 fully saturated rings. The van der Waals surface area contributed by atoms with Crippen LogP contribution in [0, 0.1) is 0 Å². The van der Waals surface area contributed by atoms with Gasteiger partial charge in [0.1, 0.15) is 5.75 Å². The van der Waals surface area contributed by atoms with Crippen molar-refractivity contribution in [2.75, 3.05) is 7.11 Å². The summed E-state index contributed by atoms with van der Waals surface area (Å²) in [6.07, 6.45) is 0. The molecule has 0 aliphatic carbocycles. The third-order valence-corrected chi connectivity index (χ3v) is 1.43. The van der Waals surface area contributed by atoms with Crippen molar-refractivity contribution in [3.8, 4) is 5.75 Å². The Morgan fingerprint density at radius 2 is 2.17 bits per heavy atom. The van der Waals surface area contributed by atoms with E-state index in [1.54, 1.807) is 0 Å². The average Bonchev–Trinajstić information content (AvgIpc) is 2.03. The zero-order valence-corrected chi connectivity index (χ0v) is 6.88. The molecule has 0 unspecified atom stereocenters. The third-order valence-electron chi connectivity index (χ3n) is 1.43. The Kier molecular flexibility index (Phi) is 2.28. The van der Waals surface area contributed by atoms with Gasteiger partial charge in [-0.05, 0) is 0 Å². The van der Waals surface area contributed by atoms with Crippen molar-refractivity contribution < 1.29 is 9.53 Å². The molecule has 4 heteroatoms. The Hall–Kier alpha value is -1.58. The maximum Gasteiger partial charge on any atom is 0.252 e. The van der Waals surface area contributed by atoms with Gasteiger partial charge in [0.15, 0.2) is 5.78 Å². The van der Waals surface area contributed by atoms with Gasteiger partial charge in [-0.1, -0.05) is 0 Å². The predicted molar refractivity (Wildman–Crippen MR) is 43.6 cm³/mol. The minimum absolute atomic E-state index is 0.189. The number of ketones is 1. The van der Waals surface area contributed by atoms with Crippen LogP contribution in [0.15, 0.2) is 16.9 Å². The molecule has 1 N–H and O–H groups in total. The first-order valence-electron chi connectivity index (χ1n) is 3.43. The minimum Gasteiger partial charge on any atom is -0.496 e. The number of carbonyl (C=O) groups excluding carboxylic acids is 1. The number of Topliss-reactive ketones (excluding diaryl/α,β-unsaturated/α-hetero) is 1. The van der Waals surface area contributed by atoms with Crippen molar-refractivity contribution in [3.05, 3.63) is 28.2 Å². The van der Waals surface area contributed by atoms with E-state index < -0.39 is 0 Å². The second-order valence-corrected chi connectivity index (χ2v) is 2.35. The Balaban J connectivity index is 3.24.